The minimum atomic E-state index is -1.26. The predicted octanol–water partition coefficient (Wildman–Crippen LogP) is 3.22. The first-order chi connectivity index (χ1) is 9.18. The third-order valence-corrected chi connectivity index (χ3v) is 2.17. The number of aryl methyl sites for hydroxylation is 1. The maximum atomic E-state index is 11.8. The van der Waals surface area contributed by atoms with Gasteiger partial charge in [0.25, 0.3) is 0 Å². The fraction of sp³-hybridized carbons (Fsp3) is 0.133. The molecule has 0 fully saturated rings. The summed E-state index contributed by atoms with van der Waals surface area (Å²) in [5.74, 6) is -0.319. The van der Waals surface area contributed by atoms with E-state index in [-0.39, 0.29) is 0 Å². The summed E-state index contributed by atoms with van der Waals surface area (Å²) in [5.41, 5.74) is 0.632. The van der Waals surface area contributed by atoms with Gasteiger partial charge in [-0.2, -0.15) is 0 Å². The lowest BCUT2D eigenvalue weighted by Gasteiger charge is -2.03. The van der Waals surface area contributed by atoms with Crippen molar-refractivity contribution in [2.24, 2.45) is 0 Å². The molecule has 0 aliphatic heterocycles. The summed E-state index contributed by atoms with van der Waals surface area (Å²) >= 11 is 0. The first kappa shape index (κ1) is 8.99. The van der Waals surface area contributed by atoms with Gasteiger partial charge in [-0.3, -0.25) is 4.79 Å². The van der Waals surface area contributed by atoms with Crippen LogP contribution >= 0.6 is 0 Å². The second-order valence-electron chi connectivity index (χ2n) is 3.48. The van der Waals surface area contributed by atoms with Crippen molar-refractivity contribution < 1.29 is 12.3 Å². The molecule has 2 aromatic rings. The van der Waals surface area contributed by atoms with E-state index < -0.39 is 18.8 Å². The van der Waals surface area contributed by atoms with Gasteiger partial charge in [0, 0.05) is 9.14 Å². The summed E-state index contributed by atoms with van der Waals surface area (Å²) in [6.07, 6.45) is -2.21. The monoisotopic (exact) mass is 228 g/mol. The van der Waals surface area contributed by atoms with Crippen LogP contribution in [0.4, 0.5) is 0 Å². The molecule has 2 nitrogen and oxygen atoms in total. The second-order valence-corrected chi connectivity index (χ2v) is 3.48. The SMILES string of the molecule is [2H]C(C(=O)Oc1ccccc1)C([2H])c1ccccc1. The molecular formula is C15H14O2. The smallest absolute Gasteiger partial charge is 0.311 e. The van der Waals surface area contributed by atoms with E-state index in [4.69, 9.17) is 7.48 Å². The number of carbonyl (C=O) groups is 1. The van der Waals surface area contributed by atoms with Crippen LogP contribution in [0.2, 0.25) is 0 Å². The lowest BCUT2D eigenvalue weighted by atomic mass is 10.1. The number of para-hydroxylation sites is 1. The second kappa shape index (κ2) is 5.85. The highest BCUT2D eigenvalue weighted by atomic mass is 16.5. The van der Waals surface area contributed by atoms with Crippen LogP contribution in [0.15, 0.2) is 60.7 Å². The van der Waals surface area contributed by atoms with E-state index in [0.29, 0.717) is 11.3 Å². The molecule has 86 valence electrons. The van der Waals surface area contributed by atoms with Crippen molar-refractivity contribution in [1.29, 1.82) is 0 Å². The molecule has 0 amide bonds. The summed E-state index contributed by atoms with van der Waals surface area (Å²) in [6.45, 7) is 0. The van der Waals surface area contributed by atoms with E-state index in [1.165, 1.54) is 0 Å². The van der Waals surface area contributed by atoms with E-state index in [1.54, 1.807) is 48.5 Å². The average Bonchev–Trinajstić information content (AvgIpc) is 2.47. The molecule has 2 aromatic carbocycles. The molecule has 0 N–H and O–H groups in total. The number of ether oxygens (including phenoxy) is 1. The molecule has 0 saturated carbocycles. The summed E-state index contributed by atoms with van der Waals surface area (Å²) < 4.78 is 20.8. The van der Waals surface area contributed by atoms with Gasteiger partial charge in [-0.15, -0.1) is 0 Å². The summed E-state index contributed by atoms with van der Waals surface area (Å²) in [6, 6.07) is 17.5. The zero-order valence-corrected chi connectivity index (χ0v) is 9.24. The molecular weight excluding hydrogens is 212 g/mol. The van der Waals surface area contributed by atoms with Gasteiger partial charge >= 0.3 is 5.97 Å². The summed E-state index contributed by atoms with van der Waals surface area (Å²) in [4.78, 5) is 11.8. The largest absolute Gasteiger partial charge is 0.427 e. The first-order valence-electron chi connectivity index (χ1n) is 6.50. The quantitative estimate of drug-likeness (QED) is 0.593. The van der Waals surface area contributed by atoms with Crippen molar-refractivity contribution in [1.82, 2.24) is 0 Å². The third-order valence-electron chi connectivity index (χ3n) is 2.17. The number of hydrogen-bond donors (Lipinski definition) is 0. The van der Waals surface area contributed by atoms with Crippen molar-refractivity contribution in [2.45, 2.75) is 12.8 Å². The third kappa shape index (κ3) is 3.76. The molecule has 0 heterocycles. The molecule has 0 aromatic heterocycles. The van der Waals surface area contributed by atoms with Crippen molar-refractivity contribution in [2.75, 3.05) is 0 Å². The summed E-state index contributed by atoms with van der Waals surface area (Å²) in [7, 11) is 0. The van der Waals surface area contributed by atoms with E-state index in [0.717, 1.165) is 0 Å². The van der Waals surface area contributed by atoms with Gasteiger partial charge in [-0.25, -0.2) is 0 Å². The Morgan fingerprint density at radius 1 is 1.00 bits per heavy atom. The molecule has 0 aliphatic rings. The van der Waals surface area contributed by atoms with E-state index in [9.17, 15) is 4.79 Å². The Bertz CT molecular complexity index is 528. The van der Waals surface area contributed by atoms with Crippen LogP contribution in [-0.4, -0.2) is 5.97 Å². The zero-order valence-electron chi connectivity index (χ0n) is 11.2. The van der Waals surface area contributed by atoms with Crippen LogP contribution in [0, 0.1) is 0 Å². The topological polar surface area (TPSA) is 26.3 Å². The van der Waals surface area contributed by atoms with Gasteiger partial charge in [-0.05, 0) is 24.1 Å². The fourth-order valence-corrected chi connectivity index (χ4v) is 1.37. The normalized spacial score (nSPS) is 15.3. The fourth-order valence-electron chi connectivity index (χ4n) is 1.37. The minimum absolute atomic E-state index is 0.394. The number of rotatable bonds is 4. The maximum absolute atomic E-state index is 11.8. The zero-order chi connectivity index (χ0) is 13.7. The Morgan fingerprint density at radius 2 is 1.59 bits per heavy atom. The lowest BCUT2D eigenvalue weighted by molar-refractivity contribution is -0.134. The van der Waals surface area contributed by atoms with Gasteiger partial charge in [0.15, 0.2) is 0 Å². The van der Waals surface area contributed by atoms with Crippen LogP contribution in [0.3, 0.4) is 0 Å². The van der Waals surface area contributed by atoms with Crippen molar-refractivity contribution in [3.05, 3.63) is 66.2 Å². The van der Waals surface area contributed by atoms with Crippen LogP contribution in [0.1, 0.15) is 14.7 Å². The van der Waals surface area contributed by atoms with Gasteiger partial charge in [0.2, 0.25) is 0 Å². The highest BCUT2D eigenvalue weighted by Gasteiger charge is 2.04. The highest BCUT2D eigenvalue weighted by molar-refractivity contribution is 5.72. The van der Waals surface area contributed by atoms with E-state index in [2.05, 4.69) is 0 Å². The Hall–Kier alpha value is -2.09. The van der Waals surface area contributed by atoms with Crippen molar-refractivity contribution in [3.8, 4) is 5.75 Å². The van der Waals surface area contributed by atoms with Crippen LogP contribution in [0.25, 0.3) is 0 Å². The van der Waals surface area contributed by atoms with E-state index in [1.807, 2.05) is 12.1 Å². The molecule has 2 heteroatoms. The lowest BCUT2D eigenvalue weighted by Crippen LogP contribution is -2.08. The number of benzene rings is 2. The average molecular weight is 228 g/mol. The van der Waals surface area contributed by atoms with Crippen LogP contribution in [0.5, 0.6) is 5.75 Å². The molecule has 17 heavy (non-hydrogen) atoms. The standard InChI is InChI=1S/C15H14O2/c16-15(17-14-9-5-2-6-10-14)12-11-13-7-3-1-4-8-13/h1-10H,11-12H2/i11D,12D. The maximum Gasteiger partial charge on any atom is 0.311 e. The molecule has 2 rings (SSSR count). The molecule has 0 saturated heterocycles. The molecule has 0 radical (unpaired) electrons. The van der Waals surface area contributed by atoms with Gasteiger partial charge < -0.3 is 4.74 Å². The van der Waals surface area contributed by atoms with Crippen LogP contribution in [-0.2, 0) is 11.2 Å². The number of hydrogen-bond acceptors (Lipinski definition) is 2. The number of esters is 1. The Balaban J connectivity index is 2.03. The minimum Gasteiger partial charge on any atom is -0.427 e. The van der Waals surface area contributed by atoms with Crippen molar-refractivity contribution in [3.63, 3.8) is 0 Å². The van der Waals surface area contributed by atoms with Gasteiger partial charge in [0.1, 0.15) is 5.75 Å². The molecule has 2 atom stereocenters. The molecule has 0 bridgehead atoms. The van der Waals surface area contributed by atoms with E-state index >= 15 is 0 Å². The highest BCUT2D eigenvalue weighted by Crippen LogP contribution is 2.10. The Labute approximate surface area is 104 Å². The Kier molecular flexibility index (Phi) is 3.09. The molecule has 2 unspecified atom stereocenters. The first-order valence-corrected chi connectivity index (χ1v) is 5.34. The summed E-state index contributed by atoms with van der Waals surface area (Å²) in [5, 5.41) is 0. The number of carbonyl (C=O) groups excluding carboxylic acids is 1. The van der Waals surface area contributed by atoms with Gasteiger partial charge in [-0.1, -0.05) is 48.5 Å². The van der Waals surface area contributed by atoms with Gasteiger partial charge in [0.05, 0.1) is 0 Å². The Morgan fingerprint density at radius 3 is 2.24 bits per heavy atom. The molecule has 0 aliphatic carbocycles. The van der Waals surface area contributed by atoms with Crippen LogP contribution < -0.4 is 4.74 Å². The van der Waals surface area contributed by atoms with Crippen molar-refractivity contribution >= 4 is 5.97 Å². The predicted molar refractivity (Wildman–Crippen MR) is 66.8 cm³/mol. The molecule has 0 spiro atoms.